The van der Waals surface area contributed by atoms with Crippen LogP contribution < -0.4 is 11.1 Å². The standard InChI is InChI=1S/C13H16Cl2N2O2/c1-19-13(3-2-4-13)7-17-12(18)8-5-9(14)11(15)10(16)6-8/h5-6H,2-4,7,16H2,1H3,(H,17,18). The number of anilines is 1. The highest BCUT2D eigenvalue weighted by Crippen LogP contribution is 2.34. The fraction of sp³-hybridized carbons (Fsp3) is 0.462. The quantitative estimate of drug-likeness (QED) is 0.841. The van der Waals surface area contributed by atoms with Gasteiger partial charge in [0.05, 0.1) is 21.3 Å². The predicted octanol–water partition coefficient (Wildman–Crippen LogP) is 2.87. The molecule has 1 aliphatic carbocycles. The predicted molar refractivity (Wildman–Crippen MR) is 76.8 cm³/mol. The van der Waals surface area contributed by atoms with Crippen molar-refractivity contribution >= 4 is 34.8 Å². The van der Waals surface area contributed by atoms with Crippen LogP contribution in [0.15, 0.2) is 12.1 Å². The lowest BCUT2D eigenvalue weighted by atomic mass is 9.80. The molecule has 0 unspecified atom stereocenters. The van der Waals surface area contributed by atoms with Gasteiger partial charge in [0.15, 0.2) is 0 Å². The molecule has 0 heterocycles. The van der Waals surface area contributed by atoms with E-state index < -0.39 is 0 Å². The van der Waals surface area contributed by atoms with E-state index in [-0.39, 0.29) is 21.6 Å². The molecule has 2 rings (SSSR count). The summed E-state index contributed by atoms with van der Waals surface area (Å²) in [5, 5.41) is 3.39. The van der Waals surface area contributed by atoms with Crippen molar-refractivity contribution in [2.24, 2.45) is 0 Å². The van der Waals surface area contributed by atoms with Gasteiger partial charge in [-0.25, -0.2) is 0 Å². The van der Waals surface area contributed by atoms with Crippen LogP contribution in [0.5, 0.6) is 0 Å². The maximum absolute atomic E-state index is 12.0. The van der Waals surface area contributed by atoms with Crippen LogP contribution in [0, 0.1) is 0 Å². The van der Waals surface area contributed by atoms with Crippen LogP contribution in [-0.4, -0.2) is 25.2 Å². The molecule has 4 nitrogen and oxygen atoms in total. The molecule has 0 aliphatic heterocycles. The maximum atomic E-state index is 12.0. The van der Waals surface area contributed by atoms with Crippen LogP contribution in [0.1, 0.15) is 29.6 Å². The number of amides is 1. The van der Waals surface area contributed by atoms with Gasteiger partial charge in [-0.2, -0.15) is 0 Å². The zero-order chi connectivity index (χ0) is 14.0. The van der Waals surface area contributed by atoms with Gasteiger partial charge in [-0.15, -0.1) is 0 Å². The highest BCUT2D eigenvalue weighted by atomic mass is 35.5. The van der Waals surface area contributed by atoms with Crippen LogP contribution in [0.4, 0.5) is 5.69 Å². The number of nitrogen functional groups attached to an aromatic ring is 1. The van der Waals surface area contributed by atoms with Crippen molar-refractivity contribution in [2.75, 3.05) is 19.4 Å². The fourth-order valence-electron chi connectivity index (χ4n) is 2.11. The summed E-state index contributed by atoms with van der Waals surface area (Å²) in [6, 6.07) is 3.03. The molecule has 1 aromatic carbocycles. The molecule has 19 heavy (non-hydrogen) atoms. The molecule has 3 N–H and O–H groups in total. The van der Waals surface area contributed by atoms with E-state index in [4.69, 9.17) is 33.7 Å². The number of nitrogens with one attached hydrogen (secondary N) is 1. The third kappa shape index (κ3) is 2.96. The summed E-state index contributed by atoms with van der Waals surface area (Å²) < 4.78 is 5.44. The Morgan fingerprint density at radius 2 is 2.16 bits per heavy atom. The summed E-state index contributed by atoms with van der Waals surface area (Å²) in [4.78, 5) is 12.0. The lowest BCUT2D eigenvalue weighted by Crippen LogP contribution is -2.49. The van der Waals surface area contributed by atoms with Crippen molar-refractivity contribution in [3.05, 3.63) is 27.7 Å². The van der Waals surface area contributed by atoms with Crippen LogP contribution >= 0.6 is 23.2 Å². The Hall–Kier alpha value is -0.970. The Balaban J connectivity index is 2.04. The molecule has 1 fully saturated rings. The highest BCUT2D eigenvalue weighted by molar-refractivity contribution is 6.43. The van der Waals surface area contributed by atoms with E-state index >= 15 is 0 Å². The summed E-state index contributed by atoms with van der Waals surface area (Å²) in [7, 11) is 1.67. The number of hydrogen-bond donors (Lipinski definition) is 2. The Morgan fingerprint density at radius 1 is 1.47 bits per heavy atom. The van der Waals surface area contributed by atoms with E-state index in [9.17, 15) is 4.79 Å². The second-order valence-corrected chi connectivity index (χ2v) is 5.57. The normalized spacial score (nSPS) is 16.8. The van der Waals surface area contributed by atoms with Gasteiger partial charge in [-0.05, 0) is 31.4 Å². The second kappa shape index (κ2) is 5.57. The number of ether oxygens (including phenoxy) is 1. The van der Waals surface area contributed by atoms with Crippen molar-refractivity contribution in [3.8, 4) is 0 Å². The molecule has 6 heteroatoms. The first-order valence-electron chi connectivity index (χ1n) is 6.05. The minimum atomic E-state index is -0.228. The van der Waals surface area contributed by atoms with Gasteiger partial charge in [-0.1, -0.05) is 23.2 Å². The van der Waals surface area contributed by atoms with E-state index in [1.165, 1.54) is 12.1 Å². The number of rotatable bonds is 4. The van der Waals surface area contributed by atoms with Crippen LogP contribution in [-0.2, 0) is 4.74 Å². The Bertz CT molecular complexity index is 473. The van der Waals surface area contributed by atoms with Gasteiger partial charge < -0.3 is 15.8 Å². The first kappa shape index (κ1) is 14.4. The molecule has 1 amide bonds. The van der Waals surface area contributed by atoms with Crippen molar-refractivity contribution in [2.45, 2.75) is 24.9 Å². The second-order valence-electron chi connectivity index (χ2n) is 4.78. The number of carbonyl (C=O) groups is 1. The van der Waals surface area contributed by atoms with Gasteiger partial charge >= 0.3 is 0 Å². The fourth-order valence-corrected chi connectivity index (χ4v) is 2.44. The molecular formula is C13H16Cl2N2O2. The van der Waals surface area contributed by atoms with Crippen molar-refractivity contribution in [3.63, 3.8) is 0 Å². The number of hydrogen-bond acceptors (Lipinski definition) is 3. The van der Waals surface area contributed by atoms with Gasteiger partial charge in [0.2, 0.25) is 0 Å². The topological polar surface area (TPSA) is 64.3 Å². The molecule has 0 radical (unpaired) electrons. The minimum absolute atomic E-state index is 0.211. The Labute approximate surface area is 122 Å². The van der Waals surface area contributed by atoms with Crippen molar-refractivity contribution < 1.29 is 9.53 Å². The lowest BCUT2D eigenvalue weighted by Gasteiger charge is -2.40. The van der Waals surface area contributed by atoms with Crippen LogP contribution in [0.25, 0.3) is 0 Å². The average molecular weight is 303 g/mol. The number of carbonyl (C=O) groups excluding carboxylic acids is 1. The molecule has 0 atom stereocenters. The largest absolute Gasteiger partial charge is 0.397 e. The minimum Gasteiger partial charge on any atom is -0.397 e. The van der Waals surface area contributed by atoms with E-state index in [2.05, 4.69) is 5.32 Å². The SMILES string of the molecule is COC1(CNC(=O)c2cc(N)c(Cl)c(Cl)c2)CCC1. The zero-order valence-corrected chi connectivity index (χ0v) is 12.1. The molecule has 0 spiro atoms. The molecule has 104 valence electrons. The number of nitrogens with two attached hydrogens (primary N) is 1. The molecule has 0 bridgehead atoms. The smallest absolute Gasteiger partial charge is 0.251 e. The van der Waals surface area contributed by atoms with E-state index in [1.54, 1.807) is 7.11 Å². The molecular weight excluding hydrogens is 287 g/mol. The summed E-state index contributed by atoms with van der Waals surface area (Å²) in [6.45, 7) is 0.489. The van der Waals surface area contributed by atoms with E-state index in [0.29, 0.717) is 17.8 Å². The van der Waals surface area contributed by atoms with Crippen LogP contribution in [0.3, 0.4) is 0 Å². The molecule has 1 aromatic rings. The number of methoxy groups -OCH3 is 1. The zero-order valence-electron chi connectivity index (χ0n) is 10.6. The molecule has 0 saturated heterocycles. The van der Waals surface area contributed by atoms with Gasteiger partial charge in [0, 0.05) is 19.2 Å². The number of benzene rings is 1. The summed E-state index contributed by atoms with van der Waals surface area (Å²) in [5.74, 6) is -0.228. The first-order chi connectivity index (χ1) is 8.97. The number of halogens is 2. The maximum Gasteiger partial charge on any atom is 0.251 e. The average Bonchev–Trinajstić information content (AvgIpc) is 2.34. The summed E-state index contributed by atoms with van der Waals surface area (Å²) in [6.07, 6.45) is 3.06. The van der Waals surface area contributed by atoms with E-state index in [1.807, 2.05) is 0 Å². The third-order valence-electron chi connectivity index (χ3n) is 3.59. The first-order valence-corrected chi connectivity index (χ1v) is 6.81. The van der Waals surface area contributed by atoms with Crippen molar-refractivity contribution in [1.82, 2.24) is 5.32 Å². The van der Waals surface area contributed by atoms with Gasteiger partial charge in [0.1, 0.15) is 0 Å². The molecule has 1 saturated carbocycles. The van der Waals surface area contributed by atoms with E-state index in [0.717, 1.165) is 19.3 Å². The molecule has 1 aliphatic rings. The molecule has 0 aromatic heterocycles. The van der Waals surface area contributed by atoms with Gasteiger partial charge in [0.25, 0.3) is 5.91 Å². The summed E-state index contributed by atoms with van der Waals surface area (Å²) >= 11 is 11.8. The third-order valence-corrected chi connectivity index (χ3v) is 4.40. The Kier molecular flexibility index (Phi) is 4.23. The van der Waals surface area contributed by atoms with Crippen molar-refractivity contribution in [1.29, 1.82) is 0 Å². The highest BCUT2D eigenvalue weighted by Gasteiger charge is 2.37. The van der Waals surface area contributed by atoms with Crippen LogP contribution in [0.2, 0.25) is 10.0 Å². The Morgan fingerprint density at radius 3 is 2.63 bits per heavy atom. The lowest BCUT2D eigenvalue weighted by molar-refractivity contribution is -0.0679. The summed E-state index contributed by atoms with van der Waals surface area (Å²) in [5.41, 5.74) is 6.17. The van der Waals surface area contributed by atoms with Gasteiger partial charge in [-0.3, -0.25) is 4.79 Å². The monoisotopic (exact) mass is 302 g/mol.